The Kier molecular flexibility index (Phi) is 4.59. The Hall–Kier alpha value is -1.98. The highest BCUT2D eigenvalue weighted by Crippen LogP contribution is 2.30. The van der Waals surface area contributed by atoms with Crippen molar-refractivity contribution >= 4 is 11.8 Å². The Bertz CT molecular complexity index is 617. The van der Waals surface area contributed by atoms with Gasteiger partial charge in [-0.3, -0.25) is 9.59 Å². The molecule has 0 N–H and O–H groups in total. The van der Waals surface area contributed by atoms with Gasteiger partial charge in [0.05, 0.1) is 11.7 Å². The highest BCUT2D eigenvalue weighted by molar-refractivity contribution is 5.76. The molecule has 0 bridgehead atoms. The SMILES string of the molecule is CCC(=O)N1CCCC[C@@H]1c1ncc2c(n1)CCN(C(C)=O)C2. The second-order valence-corrected chi connectivity index (χ2v) is 6.34. The monoisotopic (exact) mass is 316 g/mol. The van der Waals surface area contributed by atoms with Gasteiger partial charge in [-0.25, -0.2) is 9.97 Å². The molecule has 6 nitrogen and oxygen atoms in total. The first-order valence-corrected chi connectivity index (χ1v) is 8.49. The summed E-state index contributed by atoms with van der Waals surface area (Å²) in [7, 11) is 0. The molecule has 2 aliphatic rings. The van der Waals surface area contributed by atoms with Crippen LogP contribution in [0.5, 0.6) is 0 Å². The number of nitrogens with zero attached hydrogens (tertiary/aromatic N) is 4. The molecule has 0 spiro atoms. The molecule has 0 aliphatic carbocycles. The molecule has 1 fully saturated rings. The minimum Gasteiger partial charge on any atom is -0.338 e. The predicted octanol–water partition coefficient (Wildman–Crippen LogP) is 1.84. The van der Waals surface area contributed by atoms with Crippen molar-refractivity contribution in [2.75, 3.05) is 13.1 Å². The van der Waals surface area contributed by atoms with Gasteiger partial charge in [0.2, 0.25) is 11.8 Å². The Labute approximate surface area is 136 Å². The smallest absolute Gasteiger partial charge is 0.222 e. The third-order valence-electron chi connectivity index (χ3n) is 4.82. The van der Waals surface area contributed by atoms with Crippen LogP contribution in [0.1, 0.15) is 62.7 Å². The number of amides is 2. The largest absolute Gasteiger partial charge is 0.338 e. The van der Waals surface area contributed by atoms with Gasteiger partial charge in [-0.1, -0.05) is 6.92 Å². The van der Waals surface area contributed by atoms with E-state index in [1.807, 2.05) is 22.9 Å². The average molecular weight is 316 g/mol. The minimum atomic E-state index is 0.00679. The number of likely N-dealkylation sites (tertiary alicyclic amines) is 1. The lowest BCUT2D eigenvalue weighted by Gasteiger charge is -2.35. The molecule has 3 rings (SSSR count). The van der Waals surface area contributed by atoms with Gasteiger partial charge in [0.1, 0.15) is 0 Å². The van der Waals surface area contributed by atoms with Gasteiger partial charge < -0.3 is 9.80 Å². The molecule has 0 unspecified atom stereocenters. The number of hydrogen-bond donors (Lipinski definition) is 0. The van der Waals surface area contributed by atoms with E-state index in [2.05, 4.69) is 4.98 Å². The molecule has 0 saturated carbocycles. The van der Waals surface area contributed by atoms with Gasteiger partial charge in [-0.05, 0) is 19.3 Å². The maximum Gasteiger partial charge on any atom is 0.222 e. The summed E-state index contributed by atoms with van der Waals surface area (Å²) in [5.74, 6) is 1.03. The van der Waals surface area contributed by atoms with Gasteiger partial charge in [0.25, 0.3) is 0 Å². The number of piperidine rings is 1. The van der Waals surface area contributed by atoms with Crippen LogP contribution in [0.25, 0.3) is 0 Å². The lowest BCUT2D eigenvalue weighted by molar-refractivity contribution is -0.135. The summed E-state index contributed by atoms with van der Waals surface area (Å²) >= 11 is 0. The Morgan fingerprint density at radius 3 is 2.87 bits per heavy atom. The molecule has 0 aromatic carbocycles. The number of aromatic nitrogens is 2. The molecular formula is C17H24N4O2. The summed E-state index contributed by atoms with van der Waals surface area (Å²) in [5.41, 5.74) is 2.06. The summed E-state index contributed by atoms with van der Waals surface area (Å²) < 4.78 is 0. The van der Waals surface area contributed by atoms with Crippen LogP contribution in [0, 0.1) is 0 Å². The Balaban J connectivity index is 1.83. The van der Waals surface area contributed by atoms with Crippen LogP contribution in [0.3, 0.4) is 0 Å². The summed E-state index contributed by atoms with van der Waals surface area (Å²) in [6, 6.07) is 0.00679. The zero-order chi connectivity index (χ0) is 16.4. The van der Waals surface area contributed by atoms with Gasteiger partial charge in [-0.15, -0.1) is 0 Å². The van der Waals surface area contributed by atoms with E-state index >= 15 is 0 Å². The van der Waals surface area contributed by atoms with Crippen LogP contribution >= 0.6 is 0 Å². The molecule has 0 radical (unpaired) electrons. The fourth-order valence-electron chi connectivity index (χ4n) is 3.46. The van der Waals surface area contributed by atoms with Gasteiger partial charge in [0, 0.05) is 51.2 Å². The van der Waals surface area contributed by atoms with Crippen molar-refractivity contribution in [3.63, 3.8) is 0 Å². The van der Waals surface area contributed by atoms with Crippen LogP contribution < -0.4 is 0 Å². The third-order valence-corrected chi connectivity index (χ3v) is 4.82. The Morgan fingerprint density at radius 1 is 1.30 bits per heavy atom. The van der Waals surface area contributed by atoms with Crippen molar-refractivity contribution < 1.29 is 9.59 Å². The number of carbonyl (C=O) groups excluding carboxylic acids is 2. The topological polar surface area (TPSA) is 66.4 Å². The molecule has 1 atom stereocenters. The zero-order valence-electron chi connectivity index (χ0n) is 13.9. The second-order valence-electron chi connectivity index (χ2n) is 6.34. The second kappa shape index (κ2) is 6.64. The average Bonchev–Trinajstić information content (AvgIpc) is 2.60. The van der Waals surface area contributed by atoms with E-state index in [0.717, 1.165) is 49.3 Å². The molecule has 1 aromatic heterocycles. The molecule has 1 saturated heterocycles. The van der Waals surface area contributed by atoms with Crippen molar-refractivity contribution in [1.82, 2.24) is 19.8 Å². The van der Waals surface area contributed by atoms with Crippen molar-refractivity contribution in [3.05, 3.63) is 23.3 Å². The van der Waals surface area contributed by atoms with Crippen molar-refractivity contribution in [1.29, 1.82) is 0 Å². The molecule has 2 aliphatic heterocycles. The van der Waals surface area contributed by atoms with E-state index in [9.17, 15) is 9.59 Å². The molecule has 6 heteroatoms. The molecule has 2 amide bonds. The molecule has 23 heavy (non-hydrogen) atoms. The fourth-order valence-corrected chi connectivity index (χ4v) is 3.46. The number of fused-ring (bicyclic) bond motifs is 1. The molecular weight excluding hydrogens is 292 g/mol. The standard InChI is InChI=1S/C17H24N4O2/c1-3-16(23)21-8-5-4-6-15(21)17-18-10-13-11-20(12(2)22)9-7-14(13)19-17/h10,15H,3-9,11H2,1-2H3/t15-/m1/s1. The first-order valence-electron chi connectivity index (χ1n) is 8.49. The predicted molar refractivity (Wildman–Crippen MR) is 85.4 cm³/mol. The zero-order valence-corrected chi connectivity index (χ0v) is 13.9. The van der Waals surface area contributed by atoms with E-state index in [4.69, 9.17) is 4.98 Å². The van der Waals surface area contributed by atoms with Crippen LogP contribution in [0.4, 0.5) is 0 Å². The van der Waals surface area contributed by atoms with Crippen molar-refractivity contribution in [3.8, 4) is 0 Å². The number of rotatable bonds is 2. The summed E-state index contributed by atoms with van der Waals surface area (Å²) in [6.07, 6.45) is 6.23. The van der Waals surface area contributed by atoms with Gasteiger partial charge in [-0.2, -0.15) is 0 Å². The third kappa shape index (κ3) is 3.21. The lowest BCUT2D eigenvalue weighted by Crippen LogP contribution is -2.39. The number of hydrogen-bond acceptors (Lipinski definition) is 4. The van der Waals surface area contributed by atoms with E-state index in [0.29, 0.717) is 19.5 Å². The number of carbonyl (C=O) groups is 2. The molecule has 124 valence electrons. The van der Waals surface area contributed by atoms with Crippen molar-refractivity contribution in [2.45, 2.75) is 58.5 Å². The maximum atomic E-state index is 12.2. The molecule has 3 heterocycles. The van der Waals surface area contributed by atoms with Crippen LogP contribution in [-0.4, -0.2) is 44.7 Å². The Morgan fingerprint density at radius 2 is 2.13 bits per heavy atom. The maximum absolute atomic E-state index is 12.2. The first-order chi connectivity index (χ1) is 11.1. The van der Waals surface area contributed by atoms with E-state index in [1.165, 1.54) is 0 Å². The minimum absolute atomic E-state index is 0.00679. The highest BCUT2D eigenvalue weighted by atomic mass is 16.2. The summed E-state index contributed by atoms with van der Waals surface area (Å²) in [5, 5.41) is 0. The normalized spacial score (nSPS) is 21.0. The molecule has 1 aromatic rings. The fraction of sp³-hybridized carbons (Fsp3) is 0.647. The lowest BCUT2D eigenvalue weighted by atomic mass is 10.00. The van der Waals surface area contributed by atoms with Crippen LogP contribution in [0.15, 0.2) is 6.20 Å². The van der Waals surface area contributed by atoms with Crippen molar-refractivity contribution in [2.24, 2.45) is 0 Å². The van der Waals surface area contributed by atoms with Crippen LogP contribution in [0.2, 0.25) is 0 Å². The van der Waals surface area contributed by atoms with Gasteiger partial charge >= 0.3 is 0 Å². The first kappa shape index (κ1) is 15.9. The van der Waals surface area contributed by atoms with Crippen LogP contribution in [-0.2, 0) is 22.6 Å². The van der Waals surface area contributed by atoms with Gasteiger partial charge in [0.15, 0.2) is 5.82 Å². The summed E-state index contributed by atoms with van der Waals surface area (Å²) in [4.78, 5) is 36.7. The quantitative estimate of drug-likeness (QED) is 0.835. The van der Waals surface area contributed by atoms with E-state index in [-0.39, 0.29) is 17.9 Å². The van der Waals surface area contributed by atoms with E-state index < -0.39 is 0 Å². The summed E-state index contributed by atoms with van der Waals surface area (Å²) in [6.45, 7) is 5.60. The van der Waals surface area contributed by atoms with E-state index in [1.54, 1.807) is 6.92 Å². The highest BCUT2D eigenvalue weighted by Gasteiger charge is 2.30.